The van der Waals surface area contributed by atoms with Crippen LogP contribution in [0.5, 0.6) is 0 Å². The number of aliphatic imine (C=N–C) groups is 1. The minimum atomic E-state index is -0.0958. The van der Waals surface area contributed by atoms with Crippen LogP contribution in [0.15, 0.2) is 47.5 Å². The Kier molecular flexibility index (Phi) is 10.1. The molecule has 0 bridgehead atoms. The molecule has 0 spiro atoms. The van der Waals surface area contributed by atoms with Gasteiger partial charge in [0.25, 0.3) is 0 Å². The summed E-state index contributed by atoms with van der Waals surface area (Å²) in [4.78, 5) is 11.4. The molecule has 1 atom stereocenters. The summed E-state index contributed by atoms with van der Waals surface area (Å²) in [6.45, 7) is 4.61. The molecule has 1 aliphatic heterocycles. The molecule has 2 N–H and O–H groups in total. The fourth-order valence-corrected chi connectivity index (χ4v) is 3.78. The molecule has 6 nitrogen and oxygen atoms in total. The Morgan fingerprint density at radius 2 is 2.00 bits per heavy atom. The van der Waals surface area contributed by atoms with Crippen molar-refractivity contribution in [1.82, 2.24) is 15.6 Å². The van der Waals surface area contributed by atoms with Gasteiger partial charge in [0.1, 0.15) is 5.82 Å². The van der Waals surface area contributed by atoms with Crippen molar-refractivity contribution < 1.29 is 4.74 Å². The molecule has 1 aromatic carbocycles. The van der Waals surface area contributed by atoms with E-state index in [1.807, 2.05) is 37.3 Å². The number of methoxy groups -OCH3 is 1. The molecule has 1 aromatic heterocycles. The van der Waals surface area contributed by atoms with Crippen LogP contribution in [-0.2, 0) is 4.74 Å². The van der Waals surface area contributed by atoms with E-state index >= 15 is 0 Å². The number of anilines is 1. The van der Waals surface area contributed by atoms with Crippen LogP contribution in [0.4, 0.5) is 5.82 Å². The maximum absolute atomic E-state index is 6.11. The normalized spacial score (nSPS) is 16.0. The summed E-state index contributed by atoms with van der Waals surface area (Å²) >= 11 is 6.11. The fourth-order valence-electron chi connectivity index (χ4n) is 3.58. The predicted molar refractivity (Wildman–Crippen MR) is 135 cm³/mol. The Morgan fingerprint density at radius 1 is 1.27 bits per heavy atom. The zero-order valence-corrected chi connectivity index (χ0v) is 20.9. The first-order valence-corrected chi connectivity index (χ1v) is 10.4. The zero-order valence-electron chi connectivity index (χ0n) is 17.8. The lowest BCUT2D eigenvalue weighted by atomic mass is 10.1. The van der Waals surface area contributed by atoms with E-state index in [2.05, 4.69) is 37.6 Å². The molecule has 164 valence electrons. The number of pyridine rings is 1. The Morgan fingerprint density at radius 3 is 2.63 bits per heavy atom. The van der Waals surface area contributed by atoms with Gasteiger partial charge in [0.05, 0.1) is 6.10 Å². The van der Waals surface area contributed by atoms with Gasteiger partial charge in [-0.3, -0.25) is 4.99 Å². The minimum absolute atomic E-state index is 0. The Bertz CT molecular complexity index is 827. The van der Waals surface area contributed by atoms with Gasteiger partial charge >= 0.3 is 0 Å². The molecule has 1 saturated heterocycles. The van der Waals surface area contributed by atoms with E-state index in [0.717, 1.165) is 49.0 Å². The van der Waals surface area contributed by atoms with Crippen LogP contribution in [0.25, 0.3) is 0 Å². The van der Waals surface area contributed by atoms with E-state index in [1.54, 1.807) is 14.2 Å². The molecule has 8 heteroatoms. The van der Waals surface area contributed by atoms with Crippen LogP contribution >= 0.6 is 35.6 Å². The number of benzene rings is 1. The first kappa shape index (κ1) is 24.7. The number of hydrogen-bond donors (Lipinski definition) is 2. The van der Waals surface area contributed by atoms with Crippen LogP contribution in [0, 0.1) is 6.92 Å². The van der Waals surface area contributed by atoms with Gasteiger partial charge in [0.15, 0.2) is 5.96 Å². The van der Waals surface area contributed by atoms with E-state index < -0.39 is 0 Å². The summed E-state index contributed by atoms with van der Waals surface area (Å²) in [6, 6.07) is 14.3. The number of aromatic nitrogens is 1. The van der Waals surface area contributed by atoms with Crippen LogP contribution in [0.2, 0.25) is 5.02 Å². The van der Waals surface area contributed by atoms with Crippen molar-refractivity contribution in [1.29, 1.82) is 0 Å². The number of halogens is 2. The van der Waals surface area contributed by atoms with Crippen molar-refractivity contribution in [2.24, 2.45) is 4.99 Å². The molecule has 0 aliphatic carbocycles. The quantitative estimate of drug-likeness (QED) is 0.325. The van der Waals surface area contributed by atoms with E-state index in [-0.39, 0.29) is 30.1 Å². The molecule has 30 heavy (non-hydrogen) atoms. The second kappa shape index (κ2) is 12.3. The van der Waals surface area contributed by atoms with E-state index in [1.165, 1.54) is 0 Å². The van der Waals surface area contributed by atoms with Crippen molar-refractivity contribution >= 4 is 47.4 Å². The van der Waals surface area contributed by atoms with E-state index in [4.69, 9.17) is 16.3 Å². The highest BCUT2D eigenvalue weighted by Crippen LogP contribution is 2.20. The third-order valence-corrected chi connectivity index (χ3v) is 5.45. The van der Waals surface area contributed by atoms with Gasteiger partial charge in [0.2, 0.25) is 0 Å². The number of nitrogens with zero attached hydrogens (tertiary/aromatic N) is 3. The number of rotatable bonds is 6. The number of nitrogens with one attached hydrogen (secondary N) is 2. The molecular formula is C22H31ClIN5O. The molecule has 1 aliphatic rings. The highest BCUT2D eigenvalue weighted by Gasteiger charge is 2.21. The number of aryl methyl sites for hydroxylation is 1. The van der Waals surface area contributed by atoms with Crippen molar-refractivity contribution in [3.8, 4) is 0 Å². The molecular weight excluding hydrogens is 513 g/mol. The van der Waals surface area contributed by atoms with Crippen LogP contribution in [-0.4, -0.2) is 50.8 Å². The SMILES string of the molecule is CN=C(NCC(OC)c1cccc(Cl)c1)NC1CCN(c2cccc(C)n2)CC1.I. The van der Waals surface area contributed by atoms with Gasteiger partial charge < -0.3 is 20.3 Å². The Balaban J connectivity index is 0.00000320. The lowest BCUT2D eigenvalue weighted by Gasteiger charge is -2.34. The third kappa shape index (κ3) is 6.99. The monoisotopic (exact) mass is 543 g/mol. The maximum atomic E-state index is 6.11. The van der Waals surface area contributed by atoms with E-state index in [9.17, 15) is 0 Å². The lowest BCUT2D eigenvalue weighted by Crippen LogP contribution is -2.49. The number of hydrogen-bond acceptors (Lipinski definition) is 4. The highest BCUT2D eigenvalue weighted by atomic mass is 127. The van der Waals surface area contributed by atoms with Gasteiger partial charge in [0, 0.05) is 50.6 Å². The highest BCUT2D eigenvalue weighted by molar-refractivity contribution is 14.0. The first-order chi connectivity index (χ1) is 14.1. The maximum Gasteiger partial charge on any atom is 0.191 e. The molecule has 1 fully saturated rings. The predicted octanol–water partition coefficient (Wildman–Crippen LogP) is 4.18. The Hall–Kier alpha value is -1.58. The lowest BCUT2D eigenvalue weighted by molar-refractivity contribution is 0.106. The Labute approximate surface area is 201 Å². The summed E-state index contributed by atoms with van der Waals surface area (Å²) in [5, 5.41) is 7.63. The summed E-state index contributed by atoms with van der Waals surface area (Å²) in [7, 11) is 3.50. The van der Waals surface area contributed by atoms with Crippen molar-refractivity contribution in [2.45, 2.75) is 31.9 Å². The average molecular weight is 544 g/mol. The molecule has 0 radical (unpaired) electrons. The number of piperidine rings is 1. The molecule has 1 unspecified atom stereocenters. The summed E-state index contributed by atoms with van der Waals surface area (Å²) < 4.78 is 5.63. The second-order valence-corrected chi connectivity index (χ2v) is 7.71. The van der Waals surface area contributed by atoms with Gasteiger partial charge in [-0.15, -0.1) is 24.0 Å². The number of ether oxygens (including phenoxy) is 1. The van der Waals surface area contributed by atoms with Gasteiger partial charge in [-0.2, -0.15) is 0 Å². The standard InChI is InChI=1S/C22H30ClN5O.HI/c1-16-6-4-9-21(26-16)28-12-10-19(11-13-28)27-22(24-2)25-15-20(29-3)17-7-5-8-18(23)14-17;/h4-9,14,19-20H,10-13,15H2,1-3H3,(H2,24,25,27);1H. The van der Waals surface area contributed by atoms with Crippen molar-refractivity contribution in [3.63, 3.8) is 0 Å². The van der Waals surface area contributed by atoms with Crippen LogP contribution in [0.1, 0.15) is 30.2 Å². The minimum Gasteiger partial charge on any atom is -0.375 e. The largest absolute Gasteiger partial charge is 0.375 e. The molecule has 2 aromatic rings. The molecule has 3 rings (SSSR count). The van der Waals surface area contributed by atoms with Gasteiger partial charge in [-0.25, -0.2) is 4.98 Å². The summed E-state index contributed by atoms with van der Waals surface area (Å²) in [5.41, 5.74) is 2.10. The smallest absolute Gasteiger partial charge is 0.191 e. The fraction of sp³-hybridized carbons (Fsp3) is 0.455. The van der Waals surface area contributed by atoms with Crippen molar-refractivity contribution in [3.05, 3.63) is 58.7 Å². The summed E-state index contributed by atoms with van der Waals surface area (Å²) in [6.07, 6.45) is 1.98. The second-order valence-electron chi connectivity index (χ2n) is 7.28. The van der Waals surface area contributed by atoms with E-state index in [0.29, 0.717) is 17.6 Å². The topological polar surface area (TPSA) is 61.8 Å². The molecule has 2 heterocycles. The number of guanidine groups is 1. The van der Waals surface area contributed by atoms with Crippen LogP contribution < -0.4 is 15.5 Å². The average Bonchev–Trinajstić information content (AvgIpc) is 2.74. The summed E-state index contributed by atoms with van der Waals surface area (Å²) in [5.74, 6) is 1.86. The van der Waals surface area contributed by atoms with Crippen molar-refractivity contribution in [2.75, 3.05) is 38.7 Å². The first-order valence-electron chi connectivity index (χ1n) is 10.0. The third-order valence-electron chi connectivity index (χ3n) is 5.22. The van der Waals surface area contributed by atoms with Crippen LogP contribution in [0.3, 0.4) is 0 Å². The van der Waals surface area contributed by atoms with Gasteiger partial charge in [-0.1, -0.05) is 29.8 Å². The molecule has 0 saturated carbocycles. The molecule has 0 amide bonds. The zero-order chi connectivity index (χ0) is 20.6. The van der Waals surface area contributed by atoms with Gasteiger partial charge in [-0.05, 0) is 49.6 Å².